The first-order chi connectivity index (χ1) is 11.4. The zero-order valence-electron chi connectivity index (χ0n) is 14.9. The molecule has 0 unspecified atom stereocenters. The molecule has 0 aliphatic carbocycles. The summed E-state index contributed by atoms with van der Waals surface area (Å²) in [6.07, 6.45) is 2.68. The molecule has 0 spiro atoms. The Bertz CT molecular complexity index is 778. The molecule has 1 aromatic carbocycles. The van der Waals surface area contributed by atoms with Gasteiger partial charge in [-0.15, -0.1) is 0 Å². The lowest BCUT2D eigenvalue weighted by molar-refractivity contribution is -0.121. The highest BCUT2D eigenvalue weighted by molar-refractivity contribution is 5.85. The van der Waals surface area contributed by atoms with Crippen molar-refractivity contribution >= 4 is 16.8 Å². The molecule has 0 radical (unpaired) electrons. The van der Waals surface area contributed by atoms with Crippen LogP contribution in [0.4, 0.5) is 0 Å². The van der Waals surface area contributed by atoms with Crippen LogP contribution in [0.15, 0.2) is 29.2 Å². The summed E-state index contributed by atoms with van der Waals surface area (Å²) in [5.74, 6) is -0.0661. The number of pyridine rings is 1. The van der Waals surface area contributed by atoms with E-state index in [1.807, 2.05) is 44.4 Å². The van der Waals surface area contributed by atoms with E-state index in [1.54, 1.807) is 6.20 Å². The Hall–Kier alpha value is -2.14. The smallest absolute Gasteiger partial charge is 0.239 e. The second-order valence-corrected chi connectivity index (χ2v) is 6.41. The fraction of sp³-hybridized carbons (Fsp3) is 0.474. The van der Waals surface area contributed by atoms with E-state index in [-0.39, 0.29) is 24.0 Å². The van der Waals surface area contributed by atoms with Gasteiger partial charge < -0.3 is 14.6 Å². The monoisotopic (exact) mass is 330 g/mol. The van der Waals surface area contributed by atoms with Crippen molar-refractivity contribution in [1.82, 2.24) is 9.88 Å². The van der Waals surface area contributed by atoms with Gasteiger partial charge in [0.2, 0.25) is 5.91 Å². The van der Waals surface area contributed by atoms with Gasteiger partial charge in [-0.1, -0.05) is 6.07 Å². The fourth-order valence-corrected chi connectivity index (χ4v) is 2.78. The predicted molar refractivity (Wildman–Crippen MR) is 96.4 cm³/mol. The van der Waals surface area contributed by atoms with Crippen LogP contribution in [0.25, 0.3) is 10.9 Å². The van der Waals surface area contributed by atoms with Crippen LogP contribution in [0.3, 0.4) is 0 Å². The van der Waals surface area contributed by atoms with Gasteiger partial charge >= 0.3 is 0 Å². The number of carbonyl (C=O) groups is 1. The number of rotatable bonds is 7. The van der Waals surface area contributed by atoms with Gasteiger partial charge in [-0.25, -0.2) is 0 Å². The van der Waals surface area contributed by atoms with Gasteiger partial charge in [-0.3, -0.25) is 9.59 Å². The number of carbonyl (C=O) groups excluding carboxylic acids is 1. The van der Waals surface area contributed by atoms with Gasteiger partial charge in [0.1, 0.15) is 6.54 Å². The van der Waals surface area contributed by atoms with Gasteiger partial charge in [0.05, 0.1) is 11.6 Å². The van der Waals surface area contributed by atoms with Crippen LogP contribution >= 0.6 is 0 Å². The molecular weight excluding hydrogens is 304 g/mol. The molecule has 0 fully saturated rings. The molecule has 0 saturated heterocycles. The largest absolute Gasteiger partial charge is 0.379 e. The van der Waals surface area contributed by atoms with E-state index in [1.165, 1.54) is 6.07 Å². The molecule has 0 saturated carbocycles. The van der Waals surface area contributed by atoms with E-state index < -0.39 is 0 Å². The number of nitrogens with one attached hydrogen (secondary N) is 1. The van der Waals surface area contributed by atoms with Crippen molar-refractivity contribution in [2.75, 3.05) is 13.2 Å². The van der Waals surface area contributed by atoms with Crippen molar-refractivity contribution < 1.29 is 9.53 Å². The maximum atomic E-state index is 12.2. The molecule has 0 bridgehead atoms. The summed E-state index contributed by atoms with van der Waals surface area (Å²) in [4.78, 5) is 24.3. The minimum absolute atomic E-state index is 0.00927. The highest BCUT2D eigenvalue weighted by Crippen LogP contribution is 2.17. The van der Waals surface area contributed by atoms with Crippen LogP contribution in [0.1, 0.15) is 31.4 Å². The highest BCUT2D eigenvalue weighted by atomic mass is 16.5. The van der Waals surface area contributed by atoms with E-state index in [9.17, 15) is 9.59 Å². The topological polar surface area (TPSA) is 60.3 Å². The summed E-state index contributed by atoms with van der Waals surface area (Å²) < 4.78 is 7.28. The third-order valence-electron chi connectivity index (χ3n) is 3.83. The molecule has 0 atom stereocenters. The fourth-order valence-electron chi connectivity index (χ4n) is 2.78. The van der Waals surface area contributed by atoms with Crippen molar-refractivity contribution in [2.24, 2.45) is 0 Å². The van der Waals surface area contributed by atoms with Crippen LogP contribution in [0.5, 0.6) is 0 Å². The molecule has 0 aliphatic heterocycles. The molecule has 0 aliphatic rings. The van der Waals surface area contributed by atoms with Gasteiger partial charge in [0.15, 0.2) is 5.43 Å². The van der Waals surface area contributed by atoms with Crippen molar-refractivity contribution in [2.45, 2.75) is 46.8 Å². The highest BCUT2D eigenvalue weighted by Gasteiger charge is 2.09. The maximum Gasteiger partial charge on any atom is 0.239 e. The van der Waals surface area contributed by atoms with Crippen LogP contribution < -0.4 is 10.7 Å². The number of hydrogen-bond donors (Lipinski definition) is 1. The Morgan fingerprint density at radius 2 is 2.04 bits per heavy atom. The summed E-state index contributed by atoms with van der Waals surface area (Å²) in [6, 6.07) is 5.46. The average Bonchev–Trinajstić information content (AvgIpc) is 2.49. The number of amides is 1. The second kappa shape index (κ2) is 8.11. The molecule has 130 valence electrons. The lowest BCUT2D eigenvalue weighted by atomic mass is 10.1. The first-order valence-corrected chi connectivity index (χ1v) is 8.37. The Morgan fingerprint density at radius 3 is 2.75 bits per heavy atom. The van der Waals surface area contributed by atoms with E-state index >= 15 is 0 Å². The quantitative estimate of drug-likeness (QED) is 0.794. The Labute approximate surface area is 142 Å². The van der Waals surface area contributed by atoms with Crippen molar-refractivity contribution in [3.05, 3.63) is 45.7 Å². The van der Waals surface area contributed by atoms with E-state index in [0.717, 1.165) is 23.1 Å². The van der Waals surface area contributed by atoms with Crippen LogP contribution in [-0.2, 0) is 16.1 Å². The molecule has 1 N–H and O–H groups in total. The lowest BCUT2D eigenvalue weighted by Crippen LogP contribution is -2.29. The number of benzene rings is 1. The first kappa shape index (κ1) is 18.2. The zero-order chi connectivity index (χ0) is 17.7. The van der Waals surface area contributed by atoms with Crippen molar-refractivity contribution in [3.8, 4) is 0 Å². The van der Waals surface area contributed by atoms with Gasteiger partial charge in [0.25, 0.3) is 0 Å². The summed E-state index contributed by atoms with van der Waals surface area (Å²) in [5.41, 5.74) is 2.81. The molecule has 1 amide bonds. The summed E-state index contributed by atoms with van der Waals surface area (Å²) in [7, 11) is 0. The number of aryl methyl sites for hydroxylation is 2. The SMILES string of the molecule is Cc1cc(C)c2c(=O)ccn(CC(=O)NCCCOC(C)C)c2c1. The third-order valence-corrected chi connectivity index (χ3v) is 3.83. The maximum absolute atomic E-state index is 12.2. The molecule has 5 heteroatoms. The summed E-state index contributed by atoms with van der Waals surface area (Å²) in [5, 5.41) is 3.58. The molecule has 5 nitrogen and oxygen atoms in total. The average molecular weight is 330 g/mol. The predicted octanol–water partition coefficient (Wildman–Crippen LogP) is 2.55. The number of hydrogen-bond acceptors (Lipinski definition) is 3. The van der Waals surface area contributed by atoms with Crippen LogP contribution in [0.2, 0.25) is 0 Å². The summed E-state index contributed by atoms with van der Waals surface area (Å²) >= 11 is 0. The van der Waals surface area contributed by atoms with E-state index in [0.29, 0.717) is 18.5 Å². The summed E-state index contributed by atoms with van der Waals surface area (Å²) in [6.45, 7) is 9.32. The van der Waals surface area contributed by atoms with Crippen LogP contribution in [-0.4, -0.2) is 29.7 Å². The van der Waals surface area contributed by atoms with Crippen molar-refractivity contribution in [1.29, 1.82) is 0 Å². The van der Waals surface area contributed by atoms with Crippen LogP contribution in [0, 0.1) is 13.8 Å². The van der Waals surface area contributed by atoms with Gasteiger partial charge in [0, 0.05) is 30.8 Å². The van der Waals surface area contributed by atoms with E-state index in [2.05, 4.69) is 5.32 Å². The van der Waals surface area contributed by atoms with Gasteiger partial charge in [-0.05, 0) is 51.3 Å². The van der Waals surface area contributed by atoms with Crippen molar-refractivity contribution in [3.63, 3.8) is 0 Å². The first-order valence-electron chi connectivity index (χ1n) is 8.37. The number of ether oxygens (including phenoxy) is 1. The molecule has 24 heavy (non-hydrogen) atoms. The molecule has 2 aromatic rings. The number of aromatic nitrogens is 1. The van der Waals surface area contributed by atoms with E-state index in [4.69, 9.17) is 4.74 Å². The Kier molecular flexibility index (Phi) is 6.15. The molecule has 1 aromatic heterocycles. The molecule has 2 rings (SSSR count). The third kappa shape index (κ3) is 4.68. The Balaban J connectivity index is 2.06. The minimum Gasteiger partial charge on any atom is -0.379 e. The normalized spacial score (nSPS) is 11.2. The Morgan fingerprint density at radius 1 is 1.29 bits per heavy atom. The molecular formula is C19H26N2O3. The molecule has 1 heterocycles. The zero-order valence-corrected chi connectivity index (χ0v) is 14.9. The minimum atomic E-state index is -0.0661. The second-order valence-electron chi connectivity index (χ2n) is 6.41. The lowest BCUT2D eigenvalue weighted by Gasteiger charge is -2.13. The number of fused-ring (bicyclic) bond motifs is 1. The van der Waals surface area contributed by atoms with Gasteiger partial charge in [-0.2, -0.15) is 0 Å². The standard InChI is InChI=1S/C19H26N2O3/c1-13(2)24-9-5-7-20-18(23)12-21-8-6-17(22)19-15(4)10-14(3)11-16(19)21/h6,8,10-11,13H,5,7,9,12H2,1-4H3,(H,20,23). The number of nitrogens with zero attached hydrogens (tertiary/aromatic N) is 1.